The molecule has 0 heterocycles. The van der Waals surface area contributed by atoms with Crippen molar-refractivity contribution in [2.45, 2.75) is 6.92 Å². The van der Waals surface area contributed by atoms with Crippen molar-refractivity contribution in [2.24, 2.45) is 0 Å². The molecular formula is C4H15Br2ClNP. The molecule has 0 aliphatic rings. The molecule has 0 amide bonds. The highest BCUT2D eigenvalue weighted by Crippen LogP contribution is 2.06. The second kappa shape index (κ2) is 22.6. The minimum absolute atomic E-state index is 0. The highest BCUT2D eigenvalue weighted by molar-refractivity contribution is 7.38. The van der Waals surface area contributed by atoms with Crippen LogP contribution in [0.2, 0.25) is 0 Å². The van der Waals surface area contributed by atoms with Gasteiger partial charge in [-0.2, -0.15) is 0 Å². The van der Waals surface area contributed by atoms with Gasteiger partial charge in [0, 0.05) is 0 Å². The Hall–Kier alpha value is 1.64. The Morgan fingerprint density at radius 3 is 1.89 bits per heavy atom. The number of hydrogen-bond acceptors (Lipinski definition) is 0. The fourth-order valence-electron chi connectivity index (χ4n) is 0.281. The van der Waals surface area contributed by atoms with E-state index in [1.54, 1.807) is 0 Å². The van der Waals surface area contributed by atoms with Gasteiger partial charge in [0.25, 0.3) is 0 Å². The normalized spacial score (nSPS) is 7.33. The van der Waals surface area contributed by atoms with Gasteiger partial charge in [-0.15, -0.1) is 11.6 Å². The van der Waals surface area contributed by atoms with Crippen molar-refractivity contribution in [3.05, 3.63) is 0 Å². The molecule has 0 aliphatic heterocycles. The molecule has 0 saturated heterocycles. The Morgan fingerprint density at radius 1 is 1.33 bits per heavy atom. The summed E-state index contributed by atoms with van der Waals surface area (Å²) in [5.74, 6) is 0.864. The smallest absolute Gasteiger partial charge is 0.0684 e. The number of hydrogen-bond donors (Lipinski definition) is 1. The lowest BCUT2D eigenvalue weighted by Crippen LogP contribution is -3.00. The summed E-state index contributed by atoms with van der Waals surface area (Å²) in [6.07, 6.45) is 2.62. The maximum atomic E-state index is 5.40. The van der Waals surface area contributed by atoms with Crippen LogP contribution >= 0.6 is 20.2 Å². The van der Waals surface area contributed by atoms with Gasteiger partial charge in [-0.1, -0.05) is 0 Å². The predicted octanol–water partition coefficient (Wildman–Crippen LogP) is -3.96. The predicted molar refractivity (Wildman–Crippen MR) is 41.8 cm³/mol. The van der Waals surface area contributed by atoms with Gasteiger partial charge >= 0.3 is 0 Å². The van der Waals surface area contributed by atoms with Crippen LogP contribution in [-0.2, 0) is 0 Å². The Bertz CT molecular complexity index is 30.5. The first-order valence-corrected chi connectivity index (χ1v) is 4.46. The van der Waals surface area contributed by atoms with Gasteiger partial charge in [0.15, 0.2) is 0 Å². The van der Waals surface area contributed by atoms with Gasteiger partial charge < -0.3 is 40.1 Å². The van der Waals surface area contributed by atoms with E-state index in [-0.39, 0.29) is 40.1 Å². The number of alkyl halides is 1. The fourth-order valence-corrected chi connectivity index (χ4v) is 1.31. The zero-order valence-electron chi connectivity index (χ0n) is 5.83. The largest absolute Gasteiger partial charge is 1.00 e. The van der Waals surface area contributed by atoms with Crippen LogP contribution in [-0.4, -0.2) is 18.2 Å². The minimum Gasteiger partial charge on any atom is -1.00 e. The molecule has 0 fully saturated rings. The molecule has 4 N–H and O–H groups in total. The van der Waals surface area contributed by atoms with E-state index < -0.39 is 0 Å². The van der Waals surface area contributed by atoms with Crippen molar-refractivity contribution in [1.82, 2.24) is 6.15 Å². The third-order valence-electron chi connectivity index (χ3n) is 0.602. The standard InChI is InChI=1S/C4H10ClP.2BrH.H3N/c1-2-6-4-3-5;;;/h6H,2-4H2,1H3;2*1H;1H3. The first-order chi connectivity index (χ1) is 2.91. The lowest BCUT2D eigenvalue weighted by Gasteiger charge is -1.78. The number of quaternary nitrogens is 1. The van der Waals surface area contributed by atoms with E-state index >= 15 is 0 Å². The summed E-state index contributed by atoms with van der Waals surface area (Å²) >= 11 is 5.40. The van der Waals surface area contributed by atoms with Crippen molar-refractivity contribution in [2.75, 3.05) is 18.2 Å². The van der Waals surface area contributed by atoms with Crippen LogP contribution in [0.25, 0.3) is 0 Å². The summed E-state index contributed by atoms with van der Waals surface area (Å²) in [5.41, 5.74) is 0. The SMILES string of the molecule is CC[PH2+]CCCl.[Br-].[Br-].[NH4+]. The quantitative estimate of drug-likeness (QED) is 0.314. The zero-order chi connectivity index (χ0) is 4.83. The number of halogens is 3. The van der Waals surface area contributed by atoms with Gasteiger partial charge in [0.05, 0.1) is 18.2 Å². The highest BCUT2D eigenvalue weighted by Gasteiger charge is 1.83. The first-order valence-electron chi connectivity index (χ1n) is 2.29. The van der Waals surface area contributed by atoms with Crippen LogP contribution in [0, 0.1) is 0 Å². The van der Waals surface area contributed by atoms with E-state index in [2.05, 4.69) is 6.92 Å². The average Bonchev–Trinajstić information content (AvgIpc) is 1.61. The molecule has 0 radical (unpaired) electrons. The average molecular weight is 303 g/mol. The van der Waals surface area contributed by atoms with Gasteiger partial charge in [-0.05, 0) is 15.5 Å². The molecule has 5 heteroatoms. The van der Waals surface area contributed by atoms with Crippen molar-refractivity contribution in [3.8, 4) is 0 Å². The van der Waals surface area contributed by atoms with Crippen LogP contribution in [0.5, 0.6) is 0 Å². The van der Waals surface area contributed by atoms with E-state index in [1.165, 1.54) is 12.3 Å². The second-order valence-corrected chi connectivity index (χ2v) is 3.52. The molecule has 0 aromatic carbocycles. The van der Waals surface area contributed by atoms with Crippen LogP contribution < -0.4 is 40.1 Å². The highest BCUT2D eigenvalue weighted by atomic mass is 79.9. The molecule has 1 atom stereocenters. The molecule has 0 rings (SSSR count). The van der Waals surface area contributed by atoms with Crippen molar-refractivity contribution < 1.29 is 34.0 Å². The van der Waals surface area contributed by atoms with E-state index in [9.17, 15) is 0 Å². The lowest BCUT2D eigenvalue weighted by molar-refractivity contribution is -0.001000. The molecule has 0 aromatic heterocycles. The maximum Gasteiger partial charge on any atom is 0.0684 e. The van der Waals surface area contributed by atoms with E-state index in [0.717, 1.165) is 5.88 Å². The molecular weight excluding hydrogens is 288 g/mol. The minimum atomic E-state index is 0. The first kappa shape index (κ1) is 22.4. The van der Waals surface area contributed by atoms with E-state index in [4.69, 9.17) is 11.6 Å². The molecule has 9 heavy (non-hydrogen) atoms. The summed E-state index contributed by atoms with van der Waals surface area (Å²) in [6, 6.07) is 0. The monoisotopic (exact) mass is 301 g/mol. The third-order valence-corrected chi connectivity index (χ3v) is 2.46. The van der Waals surface area contributed by atoms with Crippen molar-refractivity contribution >= 4 is 20.2 Å². The summed E-state index contributed by atoms with van der Waals surface area (Å²) < 4.78 is 0. The number of rotatable bonds is 3. The van der Waals surface area contributed by atoms with Crippen LogP contribution in [0.3, 0.4) is 0 Å². The van der Waals surface area contributed by atoms with Gasteiger partial charge in [-0.25, -0.2) is 0 Å². The molecule has 0 spiro atoms. The summed E-state index contributed by atoms with van der Waals surface area (Å²) in [6.45, 7) is 2.21. The molecule has 0 aromatic rings. The van der Waals surface area contributed by atoms with E-state index in [1.807, 2.05) is 0 Å². The summed E-state index contributed by atoms with van der Waals surface area (Å²) in [4.78, 5) is 0. The van der Waals surface area contributed by atoms with Crippen LogP contribution in [0.4, 0.5) is 0 Å². The zero-order valence-corrected chi connectivity index (χ0v) is 10.9. The summed E-state index contributed by atoms with van der Waals surface area (Å²) in [7, 11) is 0.686. The topological polar surface area (TPSA) is 36.5 Å². The van der Waals surface area contributed by atoms with Crippen molar-refractivity contribution in [3.63, 3.8) is 0 Å². The van der Waals surface area contributed by atoms with Crippen LogP contribution in [0.1, 0.15) is 6.92 Å². The second-order valence-electron chi connectivity index (χ2n) is 1.17. The molecule has 1 nitrogen and oxygen atoms in total. The lowest BCUT2D eigenvalue weighted by atomic mass is 10.9. The Labute approximate surface area is 85.2 Å². The van der Waals surface area contributed by atoms with Gasteiger partial charge in [0.1, 0.15) is 0 Å². The molecule has 0 aliphatic carbocycles. The molecule has 0 saturated carbocycles. The van der Waals surface area contributed by atoms with Crippen LogP contribution in [0.15, 0.2) is 0 Å². The maximum absolute atomic E-state index is 5.40. The third kappa shape index (κ3) is 26.1. The fraction of sp³-hybridized carbons (Fsp3) is 1.00. The molecule has 0 bridgehead atoms. The van der Waals surface area contributed by atoms with Crippen molar-refractivity contribution in [1.29, 1.82) is 0 Å². The summed E-state index contributed by atoms with van der Waals surface area (Å²) in [5, 5.41) is 0. The van der Waals surface area contributed by atoms with E-state index in [0.29, 0.717) is 8.58 Å². The Kier molecular flexibility index (Phi) is 56.4. The Balaban J connectivity index is -0.0000000417. The Morgan fingerprint density at radius 2 is 1.78 bits per heavy atom. The van der Waals surface area contributed by atoms with Gasteiger partial charge in [-0.3, -0.25) is 0 Å². The van der Waals surface area contributed by atoms with Gasteiger partial charge in [0.2, 0.25) is 0 Å². The molecule has 1 unspecified atom stereocenters. The molecule has 62 valence electrons.